The summed E-state index contributed by atoms with van der Waals surface area (Å²) >= 11 is 0. The van der Waals surface area contributed by atoms with E-state index < -0.39 is 5.60 Å². The van der Waals surface area contributed by atoms with Crippen LogP contribution in [0, 0.1) is 0 Å². The number of benzene rings is 2. The largest absolute Gasteiger partial charge is 0.493 e. The molecule has 0 fully saturated rings. The van der Waals surface area contributed by atoms with E-state index >= 15 is 0 Å². The monoisotopic (exact) mass is 326 g/mol. The summed E-state index contributed by atoms with van der Waals surface area (Å²) in [4.78, 5) is 23.5. The third kappa shape index (κ3) is 4.22. The minimum absolute atomic E-state index is 0.368. The van der Waals surface area contributed by atoms with Crippen molar-refractivity contribution in [1.82, 2.24) is 0 Å². The fraction of sp³-hybridized carbons (Fsp3) is 0.300. The van der Waals surface area contributed by atoms with Gasteiger partial charge in [-0.25, -0.2) is 4.79 Å². The summed E-state index contributed by atoms with van der Waals surface area (Å²) in [5.74, 6) is 0.189. The van der Waals surface area contributed by atoms with Gasteiger partial charge in [-0.1, -0.05) is 24.3 Å². The van der Waals surface area contributed by atoms with Crippen molar-refractivity contribution in [1.29, 1.82) is 0 Å². The summed E-state index contributed by atoms with van der Waals surface area (Å²) in [6.07, 6.45) is 0.794. The van der Waals surface area contributed by atoms with Gasteiger partial charge in [0, 0.05) is 0 Å². The van der Waals surface area contributed by atoms with Gasteiger partial charge in [0.25, 0.3) is 0 Å². The van der Waals surface area contributed by atoms with E-state index in [0.717, 1.165) is 17.4 Å². The van der Waals surface area contributed by atoms with Gasteiger partial charge in [0.1, 0.15) is 11.4 Å². The molecule has 0 aliphatic rings. The van der Waals surface area contributed by atoms with Gasteiger partial charge in [0.05, 0.1) is 17.7 Å². The Morgan fingerprint density at radius 2 is 1.75 bits per heavy atom. The summed E-state index contributed by atoms with van der Waals surface area (Å²) in [5, 5.41) is 0. The molecule has 0 bridgehead atoms. The second kappa shape index (κ2) is 7.30. The first-order chi connectivity index (χ1) is 11.4. The molecule has 0 radical (unpaired) electrons. The van der Waals surface area contributed by atoms with Crippen molar-refractivity contribution in [2.75, 3.05) is 6.61 Å². The minimum atomic E-state index is -0.535. The normalized spacial score (nSPS) is 11.0. The van der Waals surface area contributed by atoms with E-state index in [1.54, 1.807) is 30.3 Å². The average Bonchev–Trinajstić information content (AvgIpc) is 2.53. The molecule has 0 aliphatic carbocycles. The summed E-state index contributed by atoms with van der Waals surface area (Å²) in [6.45, 7) is 7.84. The fourth-order valence-corrected chi connectivity index (χ4v) is 2.32. The topological polar surface area (TPSA) is 52.6 Å². The average molecular weight is 326 g/mol. The molecule has 0 N–H and O–H groups in total. The van der Waals surface area contributed by atoms with Gasteiger partial charge in [-0.15, -0.1) is 0 Å². The van der Waals surface area contributed by atoms with Crippen LogP contribution in [0.4, 0.5) is 0 Å². The van der Waals surface area contributed by atoms with Crippen molar-refractivity contribution in [3.05, 3.63) is 53.6 Å². The van der Waals surface area contributed by atoms with Crippen LogP contribution in [0.3, 0.4) is 0 Å². The number of carbonyl (C=O) groups is 2. The molecule has 126 valence electrons. The molecule has 0 heterocycles. The number of hydrogen-bond donors (Lipinski definition) is 0. The van der Waals surface area contributed by atoms with Gasteiger partial charge in [-0.2, -0.15) is 0 Å². The molecule has 0 unspecified atom stereocenters. The highest BCUT2D eigenvalue weighted by Gasteiger charge is 2.18. The maximum absolute atomic E-state index is 12.1. The molecular formula is C20H22O4. The van der Waals surface area contributed by atoms with Crippen LogP contribution in [0.1, 0.15) is 48.4 Å². The maximum atomic E-state index is 12.1. The zero-order chi connectivity index (χ0) is 17.7. The summed E-state index contributed by atoms with van der Waals surface area (Å²) < 4.78 is 10.9. The smallest absolute Gasteiger partial charge is 0.338 e. The molecule has 0 atom stereocenters. The minimum Gasteiger partial charge on any atom is -0.493 e. The Hall–Kier alpha value is -2.62. The summed E-state index contributed by atoms with van der Waals surface area (Å²) in [7, 11) is 0. The van der Waals surface area contributed by atoms with Crippen molar-refractivity contribution in [3.8, 4) is 16.9 Å². The second-order valence-electron chi connectivity index (χ2n) is 6.35. The molecule has 24 heavy (non-hydrogen) atoms. The SMILES string of the molecule is CCOc1cccc(-c2ccc(C(=O)OC(C)(C)C)cc2)c1C=O. The Bertz CT molecular complexity index is 724. The predicted molar refractivity (Wildman–Crippen MR) is 93.6 cm³/mol. The highest BCUT2D eigenvalue weighted by atomic mass is 16.6. The first-order valence-electron chi connectivity index (χ1n) is 7.90. The number of esters is 1. The molecule has 4 heteroatoms. The van der Waals surface area contributed by atoms with E-state index in [-0.39, 0.29) is 5.97 Å². The van der Waals surface area contributed by atoms with Gasteiger partial charge in [0.2, 0.25) is 0 Å². The Kier molecular flexibility index (Phi) is 5.39. The van der Waals surface area contributed by atoms with E-state index in [4.69, 9.17) is 9.47 Å². The van der Waals surface area contributed by atoms with Crippen molar-refractivity contribution < 1.29 is 19.1 Å². The molecule has 0 amide bonds. The van der Waals surface area contributed by atoms with Gasteiger partial charge in [-0.3, -0.25) is 4.79 Å². The third-order valence-corrected chi connectivity index (χ3v) is 3.31. The van der Waals surface area contributed by atoms with Crippen LogP contribution >= 0.6 is 0 Å². The van der Waals surface area contributed by atoms with Crippen LogP contribution < -0.4 is 4.74 Å². The zero-order valence-electron chi connectivity index (χ0n) is 14.5. The highest BCUT2D eigenvalue weighted by Crippen LogP contribution is 2.30. The Morgan fingerprint density at radius 3 is 2.29 bits per heavy atom. The van der Waals surface area contributed by atoms with Crippen LogP contribution in [0.25, 0.3) is 11.1 Å². The van der Waals surface area contributed by atoms with Gasteiger partial charge in [0.15, 0.2) is 6.29 Å². The first kappa shape index (κ1) is 17.7. The Labute approximate surface area is 142 Å². The molecular weight excluding hydrogens is 304 g/mol. The van der Waals surface area contributed by atoms with Crippen molar-refractivity contribution in [3.63, 3.8) is 0 Å². The first-order valence-corrected chi connectivity index (χ1v) is 7.90. The van der Waals surface area contributed by atoms with E-state index in [2.05, 4.69) is 0 Å². The number of carbonyl (C=O) groups excluding carboxylic acids is 2. The molecule has 0 saturated carbocycles. The van der Waals surface area contributed by atoms with Gasteiger partial charge in [-0.05, 0) is 57.0 Å². The number of rotatable bonds is 5. The van der Waals surface area contributed by atoms with E-state index in [1.165, 1.54) is 0 Å². The molecule has 2 aromatic carbocycles. The molecule has 0 aromatic heterocycles. The summed E-state index contributed by atoms with van der Waals surface area (Å²) in [6, 6.07) is 12.5. The lowest BCUT2D eigenvalue weighted by Crippen LogP contribution is -2.23. The third-order valence-electron chi connectivity index (χ3n) is 3.31. The van der Waals surface area contributed by atoms with Crippen molar-refractivity contribution in [2.45, 2.75) is 33.3 Å². The molecule has 4 nitrogen and oxygen atoms in total. The molecule has 0 saturated heterocycles. The number of aldehydes is 1. The predicted octanol–water partition coefficient (Wildman–Crippen LogP) is 4.52. The maximum Gasteiger partial charge on any atom is 0.338 e. The molecule has 0 spiro atoms. The van der Waals surface area contributed by atoms with E-state index in [9.17, 15) is 9.59 Å². The van der Waals surface area contributed by atoms with Crippen LogP contribution in [-0.2, 0) is 4.74 Å². The molecule has 2 aromatic rings. The van der Waals surface area contributed by atoms with Crippen LogP contribution in [0.2, 0.25) is 0 Å². The lowest BCUT2D eigenvalue weighted by molar-refractivity contribution is 0.00695. The number of hydrogen-bond acceptors (Lipinski definition) is 4. The Morgan fingerprint density at radius 1 is 1.08 bits per heavy atom. The van der Waals surface area contributed by atoms with Crippen molar-refractivity contribution in [2.24, 2.45) is 0 Å². The molecule has 0 aliphatic heterocycles. The van der Waals surface area contributed by atoms with Crippen LogP contribution in [-0.4, -0.2) is 24.5 Å². The number of ether oxygens (including phenoxy) is 2. The van der Waals surface area contributed by atoms with E-state index in [0.29, 0.717) is 23.5 Å². The van der Waals surface area contributed by atoms with Gasteiger partial charge >= 0.3 is 5.97 Å². The highest BCUT2D eigenvalue weighted by molar-refractivity contribution is 5.93. The van der Waals surface area contributed by atoms with Crippen molar-refractivity contribution >= 4 is 12.3 Å². The standard InChI is InChI=1S/C20H22O4/c1-5-23-18-8-6-7-16(17(18)13-21)14-9-11-15(12-10-14)19(22)24-20(2,3)4/h6-13H,5H2,1-4H3. The van der Waals surface area contributed by atoms with Gasteiger partial charge < -0.3 is 9.47 Å². The van der Waals surface area contributed by atoms with Crippen LogP contribution in [0.5, 0.6) is 5.75 Å². The zero-order valence-corrected chi connectivity index (χ0v) is 14.5. The van der Waals surface area contributed by atoms with E-state index in [1.807, 2.05) is 39.8 Å². The lowest BCUT2D eigenvalue weighted by atomic mass is 9.98. The van der Waals surface area contributed by atoms with Crippen LogP contribution in [0.15, 0.2) is 42.5 Å². The second-order valence-corrected chi connectivity index (χ2v) is 6.35. The lowest BCUT2D eigenvalue weighted by Gasteiger charge is -2.19. The quantitative estimate of drug-likeness (QED) is 0.599. The molecule has 2 rings (SSSR count). The summed E-state index contributed by atoms with van der Waals surface area (Å²) in [5.41, 5.74) is 2.05. The Balaban J connectivity index is 2.33. The fourth-order valence-electron chi connectivity index (χ4n) is 2.32.